The Morgan fingerprint density at radius 3 is 3.00 bits per heavy atom. The number of nitrogens with zero attached hydrogens (tertiary/aromatic N) is 1. The highest BCUT2D eigenvalue weighted by molar-refractivity contribution is 5.82. The van der Waals surface area contributed by atoms with Gasteiger partial charge < -0.3 is 14.7 Å². The number of carbonyl (C=O) groups is 1. The van der Waals surface area contributed by atoms with Crippen molar-refractivity contribution in [2.45, 2.75) is 43.6 Å². The summed E-state index contributed by atoms with van der Waals surface area (Å²) in [5.41, 5.74) is 2.02. The van der Waals surface area contributed by atoms with Gasteiger partial charge in [0.05, 0.1) is 7.11 Å². The van der Waals surface area contributed by atoms with Gasteiger partial charge in [-0.2, -0.15) is 0 Å². The molecule has 0 radical (unpaired) electrons. The number of likely N-dealkylation sites (N-methyl/N-ethyl adjacent to an activating group) is 1. The fraction of sp³-hybridized carbons (Fsp3) is 0.611. The molecule has 1 aliphatic heterocycles. The van der Waals surface area contributed by atoms with Gasteiger partial charge in [0.25, 0.3) is 0 Å². The van der Waals surface area contributed by atoms with Crippen LogP contribution in [0.2, 0.25) is 0 Å². The van der Waals surface area contributed by atoms with E-state index in [2.05, 4.69) is 18.0 Å². The maximum absolute atomic E-state index is 12.2. The molecule has 4 nitrogen and oxygen atoms in total. The van der Waals surface area contributed by atoms with Crippen LogP contribution >= 0.6 is 0 Å². The van der Waals surface area contributed by atoms with Crippen molar-refractivity contribution in [1.82, 2.24) is 4.90 Å². The zero-order chi connectivity index (χ0) is 15.5. The Bertz CT molecular complexity index is 641. The van der Waals surface area contributed by atoms with E-state index < -0.39 is 0 Å². The number of hydrogen-bond donors (Lipinski definition) is 1. The number of fused-ring (bicyclic) bond motifs is 1. The van der Waals surface area contributed by atoms with E-state index in [0.29, 0.717) is 36.3 Å². The number of ketones is 1. The smallest absolute Gasteiger partial charge is 0.161 e. The first-order chi connectivity index (χ1) is 10.6. The Morgan fingerprint density at radius 2 is 2.23 bits per heavy atom. The zero-order valence-electron chi connectivity index (χ0n) is 13.3. The molecule has 1 aromatic rings. The average molecular weight is 301 g/mol. The van der Waals surface area contributed by atoms with E-state index >= 15 is 0 Å². The Balaban J connectivity index is 1.95. The van der Waals surface area contributed by atoms with Crippen LogP contribution in [0.25, 0.3) is 0 Å². The van der Waals surface area contributed by atoms with Crippen LogP contribution in [-0.2, 0) is 16.6 Å². The molecule has 3 atom stereocenters. The van der Waals surface area contributed by atoms with Gasteiger partial charge in [-0.05, 0) is 50.4 Å². The number of phenols is 1. The fourth-order valence-corrected chi connectivity index (χ4v) is 5.27. The molecular formula is C18H23NO3. The van der Waals surface area contributed by atoms with Gasteiger partial charge in [0.2, 0.25) is 0 Å². The molecule has 4 heteroatoms. The second-order valence-electron chi connectivity index (χ2n) is 7.17. The molecule has 1 saturated carbocycles. The molecule has 0 spiro atoms. The van der Waals surface area contributed by atoms with Crippen molar-refractivity contribution in [3.05, 3.63) is 23.3 Å². The largest absolute Gasteiger partial charge is 0.504 e. The highest BCUT2D eigenvalue weighted by Crippen LogP contribution is 2.58. The minimum absolute atomic E-state index is 0.182. The lowest BCUT2D eigenvalue weighted by molar-refractivity contribution is -0.126. The molecular weight excluding hydrogens is 278 g/mol. The van der Waals surface area contributed by atoms with Gasteiger partial charge in [-0.3, -0.25) is 4.79 Å². The predicted molar refractivity (Wildman–Crippen MR) is 83.4 cm³/mol. The molecule has 118 valence electrons. The van der Waals surface area contributed by atoms with E-state index in [1.165, 1.54) is 5.56 Å². The van der Waals surface area contributed by atoms with E-state index in [1.807, 2.05) is 6.07 Å². The highest BCUT2D eigenvalue weighted by Gasteiger charge is 2.56. The monoisotopic (exact) mass is 301 g/mol. The highest BCUT2D eigenvalue weighted by atomic mass is 16.5. The zero-order valence-corrected chi connectivity index (χ0v) is 13.3. The second kappa shape index (κ2) is 4.72. The SMILES string of the molecule is COc1ccc2c(c1O)[C@@]13CCN(C)[C@@H](C2)[C@H]1CCC(=O)C3. The van der Waals surface area contributed by atoms with Gasteiger partial charge in [0.15, 0.2) is 11.5 Å². The molecule has 1 heterocycles. The van der Waals surface area contributed by atoms with Crippen LogP contribution in [0.1, 0.15) is 36.8 Å². The third-order valence-corrected chi connectivity index (χ3v) is 6.27. The topological polar surface area (TPSA) is 49.8 Å². The van der Waals surface area contributed by atoms with Crippen LogP contribution in [0.4, 0.5) is 0 Å². The number of benzene rings is 1. The van der Waals surface area contributed by atoms with E-state index in [-0.39, 0.29) is 11.2 Å². The number of Topliss-reactive ketones (excluding diaryl/α,β-unsaturated/α-hetero) is 1. The van der Waals surface area contributed by atoms with Crippen molar-refractivity contribution >= 4 is 5.78 Å². The Kier molecular flexibility index (Phi) is 3.02. The Hall–Kier alpha value is -1.55. The predicted octanol–water partition coefficient (Wildman–Crippen LogP) is 2.27. The number of carbonyl (C=O) groups excluding carboxylic acids is 1. The van der Waals surface area contributed by atoms with Crippen molar-refractivity contribution in [2.75, 3.05) is 20.7 Å². The van der Waals surface area contributed by atoms with Crippen LogP contribution in [0.5, 0.6) is 11.5 Å². The number of ether oxygens (including phenoxy) is 1. The minimum Gasteiger partial charge on any atom is -0.504 e. The summed E-state index contributed by atoms with van der Waals surface area (Å²) in [6, 6.07) is 4.42. The molecule has 1 N–H and O–H groups in total. The Labute approximate surface area is 131 Å². The molecule has 2 fully saturated rings. The lowest BCUT2D eigenvalue weighted by atomic mass is 9.52. The van der Waals surface area contributed by atoms with Gasteiger partial charge in [-0.1, -0.05) is 6.07 Å². The molecule has 4 rings (SSSR count). The molecule has 1 saturated heterocycles. The van der Waals surface area contributed by atoms with Crippen molar-refractivity contribution in [3.63, 3.8) is 0 Å². The van der Waals surface area contributed by atoms with Gasteiger partial charge >= 0.3 is 0 Å². The standard InChI is InChI=1S/C18H23NO3/c1-19-8-7-18-10-12(20)4-5-13(18)14(19)9-11-3-6-15(22-2)17(21)16(11)18/h3,6,13-14,21H,4-5,7-10H2,1-2H3/t13-,14+,18-/m1/s1. The summed E-state index contributed by atoms with van der Waals surface area (Å²) >= 11 is 0. The second-order valence-corrected chi connectivity index (χ2v) is 7.17. The number of likely N-dealkylation sites (tertiary alicyclic amines) is 1. The number of methoxy groups -OCH3 is 1. The first kappa shape index (κ1) is 14.1. The number of rotatable bonds is 1. The van der Waals surface area contributed by atoms with Crippen LogP contribution in [0, 0.1) is 5.92 Å². The lowest BCUT2D eigenvalue weighted by Gasteiger charge is -2.58. The van der Waals surface area contributed by atoms with E-state index in [4.69, 9.17) is 4.74 Å². The fourth-order valence-electron chi connectivity index (χ4n) is 5.27. The molecule has 0 aromatic heterocycles. The Morgan fingerprint density at radius 1 is 1.41 bits per heavy atom. The molecule has 0 amide bonds. The average Bonchev–Trinajstić information content (AvgIpc) is 2.50. The normalized spacial score (nSPS) is 34.0. The number of phenolic OH excluding ortho intramolecular Hbond substituents is 1. The van der Waals surface area contributed by atoms with Crippen LogP contribution in [0.3, 0.4) is 0 Å². The molecule has 0 unspecified atom stereocenters. The molecule has 2 bridgehead atoms. The summed E-state index contributed by atoms with van der Waals surface area (Å²) in [6.45, 7) is 0.991. The van der Waals surface area contributed by atoms with Crippen molar-refractivity contribution < 1.29 is 14.6 Å². The summed E-state index contributed by atoms with van der Waals surface area (Å²) in [6.07, 6.45) is 4.13. The summed E-state index contributed by atoms with van der Waals surface area (Å²) < 4.78 is 5.33. The minimum atomic E-state index is -0.182. The number of piperidine rings is 1. The number of hydrogen-bond acceptors (Lipinski definition) is 4. The van der Waals surface area contributed by atoms with Crippen LogP contribution < -0.4 is 4.74 Å². The molecule has 22 heavy (non-hydrogen) atoms. The summed E-state index contributed by atoms with van der Waals surface area (Å²) in [4.78, 5) is 14.7. The van der Waals surface area contributed by atoms with Crippen LogP contribution in [0.15, 0.2) is 12.1 Å². The van der Waals surface area contributed by atoms with Crippen molar-refractivity contribution in [3.8, 4) is 11.5 Å². The summed E-state index contributed by atoms with van der Waals surface area (Å²) in [7, 11) is 3.78. The van der Waals surface area contributed by atoms with Gasteiger partial charge in [-0.25, -0.2) is 0 Å². The van der Waals surface area contributed by atoms with Gasteiger partial charge in [0, 0.05) is 29.9 Å². The third-order valence-electron chi connectivity index (χ3n) is 6.27. The molecule has 3 aliphatic rings. The van der Waals surface area contributed by atoms with Gasteiger partial charge in [0.1, 0.15) is 5.78 Å². The van der Waals surface area contributed by atoms with Crippen molar-refractivity contribution in [2.24, 2.45) is 5.92 Å². The first-order valence-electron chi connectivity index (χ1n) is 8.18. The third kappa shape index (κ3) is 1.70. The molecule has 2 aliphatic carbocycles. The quantitative estimate of drug-likeness (QED) is 0.864. The van der Waals surface area contributed by atoms with Gasteiger partial charge in [-0.15, -0.1) is 0 Å². The van der Waals surface area contributed by atoms with E-state index in [9.17, 15) is 9.90 Å². The maximum atomic E-state index is 12.2. The van der Waals surface area contributed by atoms with Crippen LogP contribution in [-0.4, -0.2) is 42.5 Å². The molecule has 1 aromatic carbocycles. The van der Waals surface area contributed by atoms with E-state index in [1.54, 1.807) is 7.11 Å². The summed E-state index contributed by atoms with van der Waals surface area (Å²) in [5, 5.41) is 10.8. The maximum Gasteiger partial charge on any atom is 0.161 e. The number of aromatic hydroxyl groups is 1. The summed E-state index contributed by atoms with van der Waals surface area (Å²) in [5.74, 6) is 1.61. The van der Waals surface area contributed by atoms with E-state index in [0.717, 1.165) is 31.4 Å². The lowest BCUT2D eigenvalue weighted by Crippen LogP contribution is -2.60. The van der Waals surface area contributed by atoms with Crippen molar-refractivity contribution in [1.29, 1.82) is 0 Å². The first-order valence-corrected chi connectivity index (χ1v) is 8.18.